The molecule has 0 saturated carbocycles. The van der Waals surface area contributed by atoms with E-state index in [1.807, 2.05) is 7.05 Å². The van der Waals surface area contributed by atoms with E-state index in [4.69, 9.17) is 0 Å². The molecule has 7 nitrogen and oxygen atoms in total. The summed E-state index contributed by atoms with van der Waals surface area (Å²) >= 11 is 0. The topological polar surface area (TPSA) is 70.3 Å². The molecule has 1 saturated heterocycles. The van der Waals surface area contributed by atoms with Gasteiger partial charge in [0, 0.05) is 52.7 Å². The van der Waals surface area contributed by atoms with Crippen molar-refractivity contribution in [3.05, 3.63) is 30.0 Å². The van der Waals surface area contributed by atoms with Gasteiger partial charge in [-0.3, -0.25) is 0 Å². The summed E-state index contributed by atoms with van der Waals surface area (Å²) < 4.78 is 41.3. The maximum Gasteiger partial charge on any atom is 0.433 e. The highest BCUT2D eigenvalue weighted by atomic mass is 19.4. The minimum Gasteiger partial charge on any atom is -0.385 e. The van der Waals surface area contributed by atoms with Crippen LogP contribution in [0.15, 0.2) is 18.5 Å². The lowest BCUT2D eigenvalue weighted by Crippen LogP contribution is -2.37. The summed E-state index contributed by atoms with van der Waals surface area (Å²) in [6.45, 7) is 0.945. The molecular weight excluding hydrogens is 361 g/mol. The Balaban J connectivity index is 1.76. The average molecular weight is 384 g/mol. The van der Waals surface area contributed by atoms with Gasteiger partial charge in [0.1, 0.15) is 17.7 Å². The zero-order valence-electron chi connectivity index (χ0n) is 15.5. The van der Waals surface area contributed by atoms with Crippen molar-refractivity contribution in [1.82, 2.24) is 19.5 Å². The molecule has 3 heterocycles. The van der Waals surface area contributed by atoms with Gasteiger partial charge < -0.3 is 19.5 Å². The van der Waals surface area contributed by atoms with Crippen LogP contribution in [0.5, 0.6) is 0 Å². The van der Waals surface area contributed by atoms with Gasteiger partial charge in [-0.15, -0.1) is 0 Å². The van der Waals surface area contributed by atoms with E-state index in [1.165, 1.54) is 4.90 Å². The first-order valence-electron chi connectivity index (χ1n) is 8.70. The van der Waals surface area contributed by atoms with Crippen LogP contribution in [0.2, 0.25) is 0 Å². The number of hydrogen-bond donors (Lipinski definition) is 1. The molecule has 1 fully saturated rings. The van der Waals surface area contributed by atoms with Crippen LogP contribution < -0.4 is 9.80 Å². The Bertz CT molecular complexity index is 783. The van der Waals surface area contributed by atoms with Gasteiger partial charge >= 0.3 is 6.18 Å². The van der Waals surface area contributed by atoms with Gasteiger partial charge in [0.05, 0.1) is 0 Å². The largest absolute Gasteiger partial charge is 0.433 e. The van der Waals surface area contributed by atoms with Crippen molar-refractivity contribution >= 4 is 11.8 Å². The molecule has 0 aromatic carbocycles. The van der Waals surface area contributed by atoms with Gasteiger partial charge in [-0.1, -0.05) is 0 Å². The van der Waals surface area contributed by atoms with E-state index in [0.717, 1.165) is 6.07 Å². The summed E-state index contributed by atoms with van der Waals surface area (Å²) in [5, 5.41) is 10.6. The van der Waals surface area contributed by atoms with Gasteiger partial charge in [0.25, 0.3) is 0 Å². The molecule has 148 valence electrons. The maximum atomic E-state index is 13.2. The molecule has 3 rings (SSSR count). The van der Waals surface area contributed by atoms with Crippen molar-refractivity contribution < 1.29 is 18.3 Å². The Morgan fingerprint density at radius 3 is 2.41 bits per heavy atom. The number of aromatic nitrogens is 4. The van der Waals surface area contributed by atoms with Gasteiger partial charge in [-0.2, -0.15) is 18.2 Å². The lowest BCUT2D eigenvalue weighted by molar-refractivity contribution is -0.141. The smallest absolute Gasteiger partial charge is 0.385 e. The highest BCUT2D eigenvalue weighted by molar-refractivity contribution is 5.45. The van der Waals surface area contributed by atoms with Crippen LogP contribution in [0, 0.1) is 5.92 Å². The number of aryl methyl sites for hydroxylation is 1. The lowest BCUT2D eigenvalue weighted by atomic mass is 9.91. The number of rotatable bonds is 4. The van der Waals surface area contributed by atoms with E-state index in [2.05, 4.69) is 15.0 Å². The van der Waals surface area contributed by atoms with Crippen LogP contribution in [0.25, 0.3) is 0 Å². The zero-order valence-corrected chi connectivity index (χ0v) is 15.5. The minimum atomic E-state index is -4.53. The fraction of sp³-hybridized carbons (Fsp3) is 0.588. The highest BCUT2D eigenvalue weighted by Gasteiger charge is 2.35. The molecule has 1 unspecified atom stereocenters. The zero-order chi connectivity index (χ0) is 19.8. The summed E-state index contributed by atoms with van der Waals surface area (Å²) in [4.78, 5) is 15.4. The number of aliphatic hydroxyl groups is 1. The third-order valence-corrected chi connectivity index (χ3v) is 4.84. The monoisotopic (exact) mass is 384 g/mol. The minimum absolute atomic E-state index is 0.0125. The Morgan fingerprint density at radius 1 is 1.22 bits per heavy atom. The highest BCUT2D eigenvalue weighted by Crippen LogP contribution is 2.34. The number of anilines is 2. The van der Waals surface area contributed by atoms with Gasteiger partial charge in [0.15, 0.2) is 5.69 Å². The van der Waals surface area contributed by atoms with E-state index in [1.54, 1.807) is 36.0 Å². The third-order valence-electron chi connectivity index (χ3n) is 4.84. The average Bonchev–Trinajstić information content (AvgIpc) is 3.06. The summed E-state index contributed by atoms with van der Waals surface area (Å²) in [6.07, 6.45) is -0.600. The van der Waals surface area contributed by atoms with Crippen molar-refractivity contribution in [1.29, 1.82) is 0 Å². The summed E-state index contributed by atoms with van der Waals surface area (Å²) in [7, 11) is 5.10. The molecule has 27 heavy (non-hydrogen) atoms. The predicted octanol–water partition coefficient (Wildman–Crippen LogP) is 2.24. The van der Waals surface area contributed by atoms with Crippen molar-refractivity contribution in [3.8, 4) is 0 Å². The molecule has 1 aliphatic heterocycles. The molecule has 0 bridgehead atoms. The Kier molecular flexibility index (Phi) is 5.27. The number of aliphatic hydroxyl groups excluding tert-OH is 1. The molecule has 0 amide bonds. The number of halogens is 3. The summed E-state index contributed by atoms with van der Waals surface area (Å²) in [5.74, 6) is 0.862. The molecule has 0 aliphatic carbocycles. The Hall–Kier alpha value is -2.36. The van der Waals surface area contributed by atoms with Crippen molar-refractivity contribution in [2.24, 2.45) is 13.0 Å². The van der Waals surface area contributed by atoms with E-state index in [9.17, 15) is 18.3 Å². The predicted molar refractivity (Wildman–Crippen MR) is 94.5 cm³/mol. The van der Waals surface area contributed by atoms with Crippen molar-refractivity contribution in [2.75, 3.05) is 37.0 Å². The summed E-state index contributed by atoms with van der Waals surface area (Å²) in [6, 6.07) is 0.946. The molecule has 2 aromatic heterocycles. The Morgan fingerprint density at radius 2 is 1.89 bits per heavy atom. The van der Waals surface area contributed by atoms with Crippen molar-refractivity contribution in [2.45, 2.75) is 25.1 Å². The number of nitrogens with zero attached hydrogens (tertiary/aromatic N) is 6. The van der Waals surface area contributed by atoms with E-state index in [0.29, 0.717) is 31.8 Å². The fourth-order valence-corrected chi connectivity index (χ4v) is 3.23. The first-order chi connectivity index (χ1) is 12.7. The SMILES string of the molecule is CN(C)c1cc(C(F)(F)F)nc(N2CCC(C(O)c3nccn3C)CC2)n1. The van der Waals surface area contributed by atoms with E-state index in [-0.39, 0.29) is 17.7 Å². The lowest BCUT2D eigenvalue weighted by Gasteiger charge is -2.34. The van der Waals surface area contributed by atoms with Crippen LogP contribution in [0.1, 0.15) is 30.5 Å². The second-order valence-electron chi connectivity index (χ2n) is 6.97. The van der Waals surface area contributed by atoms with Gasteiger partial charge in [-0.25, -0.2) is 9.97 Å². The van der Waals surface area contributed by atoms with Crippen LogP contribution >= 0.6 is 0 Å². The van der Waals surface area contributed by atoms with Gasteiger partial charge in [-0.05, 0) is 18.8 Å². The first-order valence-corrected chi connectivity index (χ1v) is 8.70. The molecule has 1 N–H and O–H groups in total. The van der Waals surface area contributed by atoms with E-state index < -0.39 is 18.0 Å². The molecule has 0 spiro atoms. The second-order valence-corrected chi connectivity index (χ2v) is 6.97. The first kappa shape index (κ1) is 19.4. The third kappa shape index (κ3) is 4.15. The van der Waals surface area contributed by atoms with Gasteiger partial charge in [0.2, 0.25) is 5.95 Å². The molecule has 1 atom stereocenters. The van der Waals surface area contributed by atoms with E-state index >= 15 is 0 Å². The maximum absolute atomic E-state index is 13.2. The van der Waals surface area contributed by atoms with Crippen LogP contribution in [-0.4, -0.2) is 51.8 Å². The normalized spacial score (nSPS) is 17.2. The molecule has 0 radical (unpaired) electrons. The molecule has 10 heteroatoms. The number of piperidine rings is 1. The number of imidazole rings is 1. The fourth-order valence-electron chi connectivity index (χ4n) is 3.23. The molecule has 2 aromatic rings. The molecule has 1 aliphatic rings. The quantitative estimate of drug-likeness (QED) is 0.872. The summed E-state index contributed by atoms with van der Waals surface area (Å²) in [5.41, 5.74) is -0.952. The van der Waals surface area contributed by atoms with Crippen LogP contribution in [-0.2, 0) is 13.2 Å². The van der Waals surface area contributed by atoms with Crippen molar-refractivity contribution in [3.63, 3.8) is 0 Å². The number of alkyl halides is 3. The molecular formula is C17H23F3N6O. The second kappa shape index (κ2) is 7.34. The van der Waals surface area contributed by atoms with Crippen LogP contribution in [0.4, 0.5) is 24.9 Å². The number of hydrogen-bond acceptors (Lipinski definition) is 6. The standard InChI is InChI=1S/C17H23F3N6O/c1-24(2)13-10-12(17(18,19)20)22-16(23-13)26-7-4-11(5-8-26)14(27)15-21-6-9-25(15)3/h6,9-11,14,27H,4-5,7-8H2,1-3H3. The Labute approximate surface area is 155 Å². The van der Waals surface area contributed by atoms with Crippen LogP contribution in [0.3, 0.4) is 0 Å².